The van der Waals surface area contributed by atoms with Gasteiger partial charge in [0.05, 0.1) is 11.6 Å². The predicted octanol–water partition coefficient (Wildman–Crippen LogP) is 1.92. The Morgan fingerprint density at radius 1 is 1.61 bits per heavy atom. The highest BCUT2D eigenvalue weighted by atomic mass is 15.2. The van der Waals surface area contributed by atoms with E-state index in [0.717, 1.165) is 18.9 Å². The standard InChI is InChI=1S/C14H20N4/c1-11(2)18(10-13-4-3-6-16-13)14-8-12(9-15)5-7-17-14/h5,7-8,11,13,16H,3-4,6,10H2,1-2H3. The molecular weight excluding hydrogens is 224 g/mol. The number of nitriles is 1. The summed E-state index contributed by atoms with van der Waals surface area (Å²) in [5.41, 5.74) is 0.671. The summed E-state index contributed by atoms with van der Waals surface area (Å²) in [6, 6.07) is 6.71. The van der Waals surface area contributed by atoms with Gasteiger partial charge in [0.2, 0.25) is 0 Å². The van der Waals surface area contributed by atoms with E-state index in [1.165, 1.54) is 12.8 Å². The average Bonchev–Trinajstić information content (AvgIpc) is 2.88. The average molecular weight is 244 g/mol. The zero-order valence-electron chi connectivity index (χ0n) is 11.1. The van der Waals surface area contributed by atoms with Crippen LogP contribution in [0.15, 0.2) is 18.3 Å². The first kappa shape index (κ1) is 12.8. The third kappa shape index (κ3) is 2.99. The number of rotatable bonds is 4. The number of aromatic nitrogens is 1. The van der Waals surface area contributed by atoms with Crippen molar-refractivity contribution in [2.75, 3.05) is 18.0 Å². The normalized spacial score (nSPS) is 18.9. The minimum Gasteiger partial charge on any atom is -0.353 e. The second-order valence-corrected chi connectivity index (χ2v) is 5.05. The van der Waals surface area contributed by atoms with Crippen LogP contribution in [0.25, 0.3) is 0 Å². The number of pyridine rings is 1. The molecule has 18 heavy (non-hydrogen) atoms. The molecule has 1 aliphatic rings. The second-order valence-electron chi connectivity index (χ2n) is 5.05. The van der Waals surface area contributed by atoms with Crippen molar-refractivity contribution < 1.29 is 0 Å². The molecule has 1 unspecified atom stereocenters. The lowest BCUT2D eigenvalue weighted by Crippen LogP contribution is -2.41. The molecule has 4 heteroatoms. The highest BCUT2D eigenvalue weighted by Crippen LogP contribution is 2.18. The lowest BCUT2D eigenvalue weighted by Gasteiger charge is -2.30. The van der Waals surface area contributed by atoms with Crippen LogP contribution in [-0.4, -0.2) is 30.2 Å². The zero-order chi connectivity index (χ0) is 13.0. The third-order valence-electron chi connectivity index (χ3n) is 3.37. The molecule has 0 aromatic carbocycles. The minimum absolute atomic E-state index is 0.383. The van der Waals surface area contributed by atoms with E-state index in [0.29, 0.717) is 17.6 Å². The molecule has 2 rings (SSSR count). The molecule has 0 radical (unpaired) electrons. The van der Waals surface area contributed by atoms with Crippen molar-refractivity contribution in [1.29, 1.82) is 5.26 Å². The SMILES string of the molecule is CC(C)N(CC1CCCN1)c1cc(C#N)ccn1. The molecule has 1 N–H and O–H groups in total. The lowest BCUT2D eigenvalue weighted by molar-refractivity contribution is 0.549. The largest absolute Gasteiger partial charge is 0.353 e. The van der Waals surface area contributed by atoms with Crippen LogP contribution >= 0.6 is 0 Å². The molecule has 1 atom stereocenters. The van der Waals surface area contributed by atoms with Crippen LogP contribution in [0.2, 0.25) is 0 Å². The van der Waals surface area contributed by atoms with Crippen molar-refractivity contribution in [2.24, 2.45) is 0 Å². The molecule has 0 saturated carbocycles. The topological polar surface area (TPSA) is 52.0 Å². The lowest BCUT2D eigenvalue weighted by atomic mass is 10.2. The maximum Gasteiger partial charge on any atom is 0.130 e. The second kappa shape index (κ2) is 5.83. The van der Waals surface area contributed by atoms with Gasteiger partial charge in [0, 0.05) is 24.8 Å². The van der Waals surface area contributed by atoms with Gasteiger partial charge in [-0.15, -0.1) is 0 Å². The summed E-state index contributed by atoms with van der Waals surface area (Å²) >= 11 is 0. The van der Waals surface area contributed by atoms with Crippen LogP contribution in [0.3, 0.4) is 0 Å². The Bertz CT molecular complexity index is 430. The molecule has 96 valence electrons. The molecule has 1 saturated heterocycles. The van der Waals surface area contributed by atoms with Gasteiger partial charge in [-0.05, 0) is 45.4 Å². The molecule has 1 fully saturated rings. The maximum atomic E-state index is 8.96. The molecule has 0 aliphatic carbocycles. The van der Waals surface area contributed by atoms with Gasteiger partial charge in [0.15, 0.2) is 0 Å². The Kier molecular flexibility index (Phi) is 4.16. The first-order valence-electron chi connectivity index (χ1n) is 6.57. The van der Waals surface area contributed by atoms with Crippen LogP contribution in [-0.2, 0) is 0 Å². The van der Waals surface area contributed by atoms with Crippen LogP contribution in [0, 0.1) is 11.3 Å². The molecule has 0 spiro atoms. The molecule has 0 amide bonds. The van der Waals surface area contributed by atoms with E-state index >= 15 is 0 Å². The molecule has 4 nitrogen and oxygen atoms in total. The first-order chi connectivity index (χ1) is 8.70. The number of nitrogens with zero attached hydrogens (tertiary/aromatic N) is 3. The van der Waals surface area contributed by atoms with Crippen LogP contribution in [0.5, 0.6) is 0 Å². The van der Waals surface area contributed by atoms with Crippen molar-refractivity contribution in [2.45, 2.75) is 38.8 Å². The number of hydrogen-bond acceptors (Lipinski definition) is 4. The summed E-state index contributed by atoms with van der Waals surface area (Å²) in [5, 5.41) is 12.5. The molecular formula is C14H20N4. The molecule has 1 aliphatic heterocycles. The van der Waals surface area contributed by atoms with Crippen LogP contribution in [0.1, 0.15) is 32.3 Å². The van der Waals surface area contributed by atoms with Crippen molar-refractivity contribution >= 4 is 5.82 Å². The van der Waals surface area contributed by atoms with Crippen molar-refractivity contribution in [3.05, 3.63) is 23.9 Å². The summed E-state index contributed by atoms with van der Waals surface area (Å²) in [4.78, 5) is 6.67. The Hall–Kier alpha value is -1.60. The van der Waals surface area contributed by atoms with Gasteiger partial charge in [-0.1, -0.05) is 0 Å². The fourth-order valence-corrected chi connectivity index (χ4v) is 2.36. The summed E-state index contributed by atoms with van der Waals surface area (Å²) in [7, 11) is 0. The molecule has 1 aromatic rings. The van der Waals surface area contributed by atoms with E-state index in [4.69, 9.17) is 5.26 Å². The van der Waals surface area contributed by atoms with Crippen LogP contribution < -0.4 is 10.2 Å². The van der Waals surface area contributed by atoms with E-state index in [1.54, 1.807) is 12.3 Å². The van der Waals surface area contributed by atoms with E-state index in [9.17, 15) is 0 Å². The third-order valence-corrected chi connectivity index (χ3v) is 3.37. The number of anilines is 1. The van der Waals surface area contributed by atoms with Gasteiger partial charge in [-0.25, -0.2) is 4.98 Å². The Labute approximate surface area is 109 Å². The van der Waals surface area contributed by atoms with Crippen molar-refractivity contribution in [3.8, 4) is 6.07 Å². The summed E-state index contributed by atoms with van der Waals surface area (Å²) < 4.78 is 0. The van der Waals surface area contributed by atoms with Gasteiger partial charge < -0.3 is 10.2 Å². The van der Waals surface area contributed by atoms with E-state index in [1.807, 2.05) is 6.07 Å². The van der Waals surface area contributed by atoms with Crippen molar-refractivity contribution in [1.82, 2.24) is 10.3 Å². The maximum absolute atomic E-state index is 8.96. The number of hydrogen-bond donors (Lipinski definition) is 1. The highest BCUT2D eigenvalue weighted by molar-refractivity contribution is 5.45. The monoisotopic (exact) mass is 244 g/mol. The Morgan fingerprint density at radius 2 is 2.44 bits per heavy atom. The summed E-state index contributed by atoms with van der Waals surface area (Å²) in [5.74, 6) is 0.901. The number of nitrogens with one attached hydrogen (secondary N) is 1. The van der Waals surface area contributed by atoms with Crippen molar-refractivity contribution in [3.63, 3.8) is 0 Å². The summed E-state index contributed by atoms with van der Waals surface area (Å²) in [6.07, 6.45) is 4.19. The van der Waals surface area contributed by atoms with Crippen LogP contribution in [0.4, 0.5) is 5.82 Å². The van der Waals surface area contributed by atoms with Gasteiger partial charge in [-0.3, -0.25) is 0 Å². The predicted molar refractivity (Wildman–Crippen MR) is 72.5 cm³/mol. The van der Waals surface area contributed by atoms with Gasteiger partial charge in [0.1, 0.15) is 5.82 Å². The highest BCUT2D eigenvalue weighted by Gasteiger charge is 2.20. The van der Waals surface area contributed by atoms with Gasteiger partial charge >= 0.3 is 0 Å². The minimum atomic E-state index is 0.383. The fraction of sp³-hybridized carbons (Fsp3) is 0.571. The zero-order valence-corrected chi connectivity index (χ0v) is 11.1. The van der Waals surface area contributed by atoms with E-state index < -0.39 is 0 Å². The molecule has 1 aromatic heterocycles. The van der Waals surface area contributed by atoms with E-state index in [-0.39, 0.29) is 0 Å². The summed E-state index contributed by atoms with van der Waals surface area (Å²) in [6.45, 7) is 6.40. The fourth-order valence-electron chi connectivity index (χ4n) is 2.36. The molecule has 0 bridgehead atoms. The van der Waals surface area contributed by atoms with Gasteiger partial charge in [-0.2, -0.15) is 5.26 Å². The molecule has 2 heterocycles. The smallest absolute Gasteiger partial charge is 0.130 e. The van der Waals surface area contributed by atoms with Gasteiger partial charge in [0.25, 0.3) is 0 Å². The first-order valence-corrected chi connectivity index (χ1v) is 6.57. The Morgan fingerprint density at radius 3 is 3.06 bits per heavy atom. The quantitative estimate of drug-likeness (QED) is 0.879. The Balaban J connectivity index is 2.15. The van der Waals surface area contributed by atoms with E-state index in [2.05, 4.69) is 35.1 Å².